The minimum Gasteiger partial charge on any atom is -1.00 e. The van der Waals surface area contributed by atoms with E-state index >= 15 is 0 Å². The first-order valence-electron chi connectivity index (χ1n) is 7.70. The fourth-order valence-corrected chi connectivity index (χ4v) is 4.57. The Hall–Kier alpha value is 0.662. The van der Waals surface area contributed by atoms with Crippen LogP contribution in [0.15, 0.2) is 0 Å². The van der Waals surface area contributed by atoms with Gasteiger partial charge in [-0.25, -0.2) is 0 Å². The molecule has 17 heavy (non-hydrogen) atoms. The third-order valence-corrected chi connectivity index (χ3v) is 5.71. The molecular formula is C15H30BLi. The maximum absolute atomic E-state index is 2.57. The second-order valence-corrected chi connectivity index (χ2v) is 6.71. The quantitative estimate of drug-likeness (QED) is 0.636. The average Bonchev–Trinajstić information content (AvgIpc) is 2.29. The SMILES string of the molecule is CB(C1CCCCC1C)C1CCCCC1C.[H-].[Li+]. The molecular weight excluding hydrogens is 198 g/mol. The van der Waals surface area contributed by atoms with Crippen molar-refractivity contribution >= 4 is 6.71 Å². The first-order valence-corrected chi connectivity index (χ1v) is 7.70. The normalized spacial score (nSPS) is 38.3. The third-order valence-electron chi connectivity index (χ3n) is 5.71. The van der Waals surface area contributed by atoms with Crippen molar-refractivity contribution in [3.8, 4) is 0 Å². The summed E-state index contributed by atoms with van der Waals surface area (Å²) in [5, 5.41) is 0. The molecule has 2 rings (SSSR count). The number of hydrogen-bond donors (Lipinski definition) is 0. The van der Waals surface area contributed by atoms with Crippen molar-refractivity contribution in [1.29, 1.82) is 0 Å². The van der Waals surface area contributed by atoms with Crippen LogP contribution in [0.2, 0.25) is 18.5 Å². The van der Waals surface area contributed by atoms with Gasteiger partial charge in [0, 0.05) is 0 Å². The van der Waals surface area contributed by atoms with Gasteiger partial charge in [0.05, 0.1) is 0 Å². The number of hydrogen-bond acceptors (Lipinski definition) is 0. The number of rotatable bonds is 2. The van der Waals surface area contributed by atoms with Crippen LogP contribution in [0.3, 0.4) is 0 Å². The topological polar surface area (TPSA) is 0 Å². The molecule has 0 saturated heterocycles. The van der Waals surface area contributed by atoms with Gasteiger partial charge >= 0.3 is 18.9 Å². The smallest absolute Gasteiger partial charge is 1.00 e. The Morgan fingerprint density at radius 3 is 1.47 bits per heavy atom. The molecule has 0 aromatic rings. The molecule has 0 aromatic heterocycles. The maximum Gasteiger partial charge on any atom is 1.00 e. The molecule has 0 amide bonds. The predicted octanol–water partition coefficient (Wildman–Crippen LogP) is 2.39. The van der Waals surface area contributed by atoms with Crippen molar-refractivity contribution < 1.29 is 20.3 Å². The molecule has 0 spiro atoms. The summed E-state index contributed by atoms with van der Waals surface area (Å²) in [7, 11) is 0. The van der Waals surface area contributed by atoms with Crippen LogP contribution < -0.4 is 18.9 Å². The van der Waals surface area contributed by atoms with Gasteiger partial charge in [-0.3, -0.25) is 0 Å². The van der Waals surface area contributed by atoms with Gasteiger partial charge in [-0.1, -0.05) is 83.7 Å². The molecule has 0 N–H and O–H groups in total. The fourth-order valence-electron chi connectivity index (χ4n) is 4.57. The van der Waals surface area contributed by atoms with Gasteiger partial charge in [-0.2, -0.15) is 0 Å². The standard InChI is InChI=1S/C15H29B.Li.H/c1-12-8-4-6-10-14(12)16(3)15-11-7-5-9-13(15)2;;/h12-15H,4-11H2,1-3H3;;/q;+1;-1. The molecule has 4 atom stereocenters. The van der Waals surface area contributed by atoms with Gasteiger partial charge in [0.25, 0.3) is 0 Å². The van der Waals surface area contributed by atoms with Crippen LogP contribution in [0.1, 0.15) is 66.6 Å². The summed E-state index contributed by atoms with van der Waals surface area (Å²) in [6.07, 6.45) is 12.0. The Labute approximate surface area is 122 Å². The van der Waals surface area contributed by atoms with Crippen molar-refractivity contribution in [2.45, 2.75) is 83.7 Å². The largest absolute Gasteiger partial charge is 1.00 e. The van der Waals surface area contributed by atoms with E-state index in [9.17, 15) is 0 Å². The van der Waals surface area contributed by atoms with E-state index in [1.165, 1.54) is 51.4 Å². The minimum atomic E-state index is 0. The van der Waals surface area contributed by atoms with Crippen LogP contribution in [0, 0.1) is 11.8 Å². The summed E-state index contributed by atoms with van der Waals surface area (Å²) in [6, 6.07) is 0. The van der Waals surface area contributed by atoms with E-state index in [4.69, 9.17) is 0 Å². The van der Waals surface area contributed by atoms with Crippen molar-refractivity contribution in [3.05, 3.63) is 0 Å². The van der Waals surface area contributed by atoms with Crippen molar-refractivity contribution in [2.24, 2.45) is 11.8 Å². The molecule has 0 radical (unpaired) electrons. The summed E-state index contributed by atoms with van der Waals surface area (Å²) >= 11 is 0. The summed E-state index contributed by atoms with van der Waals surface area (Å²) in [6.45, 7) is 8.58. The molecule has 2 aliphatic carbocycles. The van der Waals surface area contributed by atoms with Crippen molar-refractivity contribution in [1.82, 2.24) is 0 Å². The summed E-state index contributed by atoms with van der Waals surface area (Å²) < 4.78 is 0. The molecule has 2 saturated carbocycles. The predicted molar refractivity (Wildman–Crippen MR) is 75.5 cm³/mol. The zero-order chi connectivity index (χ0) is 11.5. The van der Waals surface area contributed by atoms with Crippen LogP contribution >= 0.6 is 0 Å². The van der Waals surface area contributed by atoms with Gasteiger partial charge in [0.15, 0.2) is 0 Å². The van der Waals surface area contributed by atoms with E-state index in [1.807, 2.05) is 0 Å². The van der Waals surface area contributed by atoms with Crippen LogP contribution in [-0.4, -0.2) is 6.71 Å². The van der Waals surface area contributed by atoms with Gasteiger partial charge < -0.3 is 1.43 Å². The molecule has 0 nitrogen and oxygen atoms in total. The van der Waals surface area contributed by atoms with Gasteiger partial charge in [0.1, 0.15) is 6.71 Å². The summed E-state index contributed by atoms with van der Waals surface area (Å²) in [5.74, 6) is 4.08. The van der Waals surface area contributed by atoms with Crippen LogP contribution in [0.5, 0.6) is 0 Å². The second-order valence-electron chi connectivity index (χ2n) is 6.71. The van der Waals surface area contributed by atoms with E-state index in [1.54, 1.807) is 0 Å². The van der Waals surface area contributed by atoms with Crippen molar-refractivity contribution in [3.63, 3.8) is 0 Å². The first kappa shape index (κ1) is 15.7. The molecule has 94 valence electrons. The summed E-state index contributed by atoms with van der Waals surface area (Å²) in [4.78, 5) is 0. The average molecular weight is 228 g/mol. The molecule has 2 aliphatic rings. The Balaban J connectivity index is 0.00000144. The fraction of sp³-hybridized carbons (Fsp3) is 1.00. The maximum atomic E-state index is 2.57. The Morgan fingerprint density at radius 1 is 0.765 bits per heavy atom. The van der Waals surface area contributed by atoms with E-state index in [2.05, 4.69) is 20.7 Å². The van der Waals surface area contributed by atoms with Gasteiger partial charge in [-0.15, -0.1) is 0 Å². The monoisotopic (exact) mass is 228 g/mol. The van der Waals surface area contributed by atoms with Gasteiger partial charge in [0.2, 0.25) is 0 Å². The van der Waals surface area contributed by atoms with E-state index in [-0.39, 0.29) is 20.3 Å². The Morgan fingerprint density at radius 2 is 1.12 bits per heavy atom. The van der Waals surface area contributed by atoms with E-state index in [0.29, 0.717) is 0 Å². The molecule has 0 heterocycles. The molecule has 2 heteroatoms. The zero-order valence-electron chi connectivity index (χ0n) is 13.5. The van der Waals surface area contributed by atoms with Gasteiger partial charge in [-0.05, 0) is 11.8 Å². The Kier molecular flexibility index (Phi) is 6.75. The van der Waals surface area contributed by atoms with Crippen LogP contribution in [-0.2, 0) is 0 Å². The second kappa shape index (κ2) is 7.30. The van der Waals surface area contributed by atoms with Crippen LogP contribution in [0.4, 0.5) is 0 Å². The summed E-state index contributed by atoms with van der Waals surface area (Å²) in [5.41, 5.74) is 0. The zero-order valence-corrected chi connectivity index (χ0v) is 12.5. The first-order chi connectivity index (χ1) is 7.70. The van der Waals surface area contributed by atoms with Crippen LogP contribution in [0.25, 0.3) is 0 Å². The van der Waals surface area contributed by atoms with Crippen molar-refractivity contribution in [2.75, 3.05) is 0 Å². The van der Waals surface area contributed by atoms with E-state index < -0.39 is 0 Å². The molecule has 2 fully saturated rings. The minimum absolute atomic E-state index is 0. The molecule has 0 bridgehead atoms. The third kappa shape index (κ3) is 3.81. The molecule has 0 aliphatic heterocycles. The molecule has 4 unspecified atom stereocenters. The Bertz CT molecular complexity index is 203. The molecule has 0 aromatic carbocycles. The van der Waals surface area contributed by atoms with E-state index in [0.717, 1.165) is 30.2 Å².